The van der Waals surface area contributed by atoms with Crippen LogP contribution in [0.3, 0.4) is 0 Å². The van der Waals surface area contributed by atoms with Crippen LogP contribution in [0.25, 0.3) is 0 Å². The molecule has 0 aliphatic heterocycles. The molecule has 1 heteroatoms. The predicted octanol–water partition coefficient (Wildman–Crippen LogP) is 3.63. The van der Waals surface area contributed by atoms with Gasteiger partial charge in [0, 0.05) is 0 Å². The molecule has 0 amide bonds. The fourth-order valence-corrected chi connectivity index (χ4v) is 1.89. The SMILES string of the molecule is CCNCCCCCc1ccc(C)c(C)c1. The van der Waals surface area contributed by atoms with Crippen molar-refractivity contribution in [3.63, 3.8) is 0 Å². The molecule has 0 atom stereocenters. The summed E-state index contributed by atoms with van der Waals surface area (Å²) in [4.78, 5) is 0. The van der Waals surface area contributed by atoms with E-state index < -0.39 is 0 Å². The molecule has 1 aromatic carbocycles. The minimum Gasteiger partial charge on any atom is -0.317 e. The van der Waals surface area contributed by atoms with Gasteiger partial charge in [0.15, 0.2) is 0 Å². The summed E-state index contributed by atoms with van der Waals surface area (Å²) in [6.45, 7) is 8.80. The minimum atomic E-state index is 1.09. The van der Waals surface area contributed by atoms with Gasteiger partial charge in [-0.1, -0.05) is 31.5 Å². The lowest BCUT2D eigenvalue weighted by Gasteiger charge is -2.05. The summed E-state index contributed by atoms with van der Waals surface area (Å²) in [7, 11) is 0. The van der Waals surface area contributed by atoms with Crippen molar-refractivity contribution in [2.24, 2.45) is 0 Å². The molecule has 0 heterocycles. The Hall–Kier alpha value is -0.820. The van der Waals surface area contributed by atoms with E-state index in [-0.39, 0.29) is 0 Å². The van der Waals surface area contributed by atoms with Crippen LogP contribution in [0.1, 0.15) is 42.9 Å². The normalized spacial score (nSPS) is 10.7. The molecule has 0 saturated heterocycles. The highest BCUT2D eigenvalue weighted by Gasteiger charge is 1.96. The number of hydrogen-bond acceptors (Lipinski definition) is 1. The zero-order chi connectivity index (χ0) is 11.8. The second-order valence-corrected chi connectivity index (χ2v) is 4.58. The number of unbranched alkanes of at least 4 members (excludes halogenated alkanes) is 2. The summed E-state index contributed by atoms with van der Waals surface area (Å²) in [5.41, 5.74) is 4.31. The summed E-state index contributed by atoms with van der Waals surface area (Å²) in [5, 5.41) is 3.36. The van der Waals surface area contributed by atoms with Gasteiger partial charge < -0.3 is 5.32 Å². The van der Waals surface area contributed by atoms with Gasteiger partial charge in [0.05, 0.1) is 0 Å². The lowest BCUT2D eigenvalue weighted by atomic mass is 10.0. The lowest BCUT2D eigenvalue weighted by molar-refractivity contribution is 0.616. The summed E-state index contributed by atoms with van der Waals surface area (Å²) >= 11 is 0. The molecule has 0 saturated carbocycles. The van der Waals surface area contributed by atoms with Gasteiger partial charge in [0.1, 0.15) is 0 Å². The molecule has 0 aliphatic carbocycles. The van der Waals surface area contributed by atoms with Crippen LogP contribution in [0.5, 0.6) is 0 Å². The van der Waals surface area contributed by atoms with Crippen LogP contribution in [-0.4, -0.2) is 13.1 Å². The third-order valence-corrected chi connectivity index (χ3v) is 3.14. The molecule has 1 rings (SSSR count). The van der Waals surface area contributed by atoms with E-state index in [2.05, 4.69) is 44.3 Å². The third-order valence-electron chi connectivity index (χ3n) is 3.14. The first-order valence-electron chi connectivity index (χ1n) is 6.51. The van der Waals surface area contributed by atoms with Crippen LogP contribution in [0.15, 0.2) is 18.2 Å². The zero-order valence-corrected chi connectivity index (χ0v) is 11.0. The fourth-order valence-electron chi connectivity index (χ4n) is 1.89. The molecule has 1 N–H and O–H groups in total. The van der Waals surface area contributed by atoms with Gasteiger partial charge in [-0.3, -0.25) is 0 Å². The van der Waals surface area contributed by atoms with Crippen molar-refractivity contribution in [2.75, 3.05) is 13.1 Å². The van der Waals surface area contributed by atoms with Gasteiger partial charge in [-0.2, -0.15) is 0 Å². The first-order chi connectivity index (χ1) is 7.74. The van der Waals surface area contributed by atoms with E-state index in [0.717, 1.165) is 6.54 Å². The summed E-state index contributed by atoms with van der Waals surface area (Å²) in [6.07, 6.45) is 5.18. The number of benzene rings is 1. The number of aryl methyl sites for hydroxylation is 3. The smallest absolute Gasteiger partial charge is 0.00490 e. The van der Waals surface area contributed by atoms with Crippen molar-refractivity contribution < 1.29 is 0 Å². The van der Waals surface area contributed by atoms with E-state index in [1.807, 2.05) is 0 Å². The molecular weight excluding hydrogens is 194 g/mol. The van der Waals surface area contributed by atoms with E-state index in [1.54, 1.807) is 0 Å². The molecule has 0 radical (unpaired) electrons. The summed E-state index contributed by atoms with van der Waals surface area (Å²) < 4.78 is 0. The molecule has 0 unspecified atom stereocenters. The number of nitrogens with one attached hydrogen (secondary N) is 1. The van der Waals surface area contributed by atoms with Crippen LogP contribution in [0, 0.1) is 13.8 Å². The van der Waals surface area contributed by atoms with E-state index in [4.69, 9.17) is 0 Å². The predicted molar refractivity (Wildman–Crippen MR) is 72.0 cm³/mol. The monoisotopic (exact) mass is 219 g/mol. The Morgan fingerprint density at radius 3 is 2.50 bits per heavy atom. The van der Waals surface area contributed by atoms with Crippen LogP contribution in [0.2, 0.25) is 0 Å². The molecular formula is C15H25N. The van der Waals surface area contributed by atoms with Crippen LogP contribution >= 0.6 is 0 Å². The minimum absolute atomic E-state index is 1.09. The molecule has 1 nitrogen and oxygen atoms in total. The lowest BCUT2D eigenvalue weighted by Crippen LogP contribution is -2.13. The maximum absolute atomic E-state index is 3.36. The van der Waals surface area contributed by atoms with Crippen molar-refractivity contribution in [3.8, 4) is 0 Å². The van der Waals surface area contributed by atoms with Gasteiger partial charge in [-0.15, -0.1) is 0 Å². The van der Waals surface area contributed by atoms with Crippen LogP contribution < -0.4 is 5.32 Å². The maximum Gasteiger partial charge on any atom is -0.00490 e. The zero-order valence-electron chi connectivity index (χ0n) is 11.0. The first kappa shape index (κ1) is 13.2. The summed E-state index contributed by atoms with van der Waals surface area (Å²) in [6, 6.07) is 6.84. The fraction of sp³-hybridized carbons (Fsp3) is 0.600. The second-order valence-electron chi connectivity index (χ2n) is 4.58. The van der Waals surface area contributed by atoms with E-state index in [1.165, 1.54) is 48.9 Å². The van der Waals surface area contributed by atoms with Crippen molar-refractivity contribution in [3.05, 3.63) is 34.9 Å². The van der Waals surface area contributed by atoms with Crippen molar-refractivity contribution in [1.82, 2.24) is 5.32 Å². The van der Waals surface area contributed by atoms with Crippen LogP contribution in [-0.2, 0) is 6.42 Å². The van der Waals surface area contributed by atoms with E-state index >= 15 is 0 Å². The largest absolute Gasteiger partial charge is 0.317 e. The average Bonchev–Trinajstić information content (AvgIpc) is 2.28. The Labute approximate surface area is 100 Å². The van der Waals surface area contributed by atoms with Gasteiger partial charge in [0.2, 0.25) is 0 Å². The number of hydrogen-bond donors (Lipinski definition) is 1. The van der Waals surface area contributed by atoms with E-state index in [9.17, 15) is 0 Å². The molecule has 0 aromatic heterocycles. The van der Waals surface area contributed by atoms with Crippen molar-refractivity contribution in [1.29, 1.82) is 0 Å². The van der Waals surface area contributed by atoms with Crippen molar-refractivity contribution in [2.45, 2.75) is 46.5 Å². The third kappa shape index (κ3) is 4.80. The Kier molecular flexibility index (Phi) is 6.17. The molecule has 0 spiro atoms. The Morgan fingerprint density at radius 1 is 1.00 bits per heavy atom. The van der Waals surface area contributed by atoms with Gasteiger partial charge in [-0.05, 0) is 62.9 Å². The number of rotatable bonds is 7. The Balaban J connectivity index is 2.19. The van der Waals surface area contributed by atoms with E-state index in [0.29, 0.717) is 0 Å². The average molecular weight is 219 g/mol. The highest BCUT2D eigenvalue weighted by Crippen LogP contribution is 2.12. The Bertz CT molecular complexity index is 304. The van der Waals surface area contributed by atoms with Crippen molar-refractivity contribution >= 4 is 0 Å². The molecule has 16 heavy (non-hydrogen) atoms. The molecule has 0 bridgehead atoms. The molecule has 0 aliphatic rings. The quantitative estimate of drug-likeness (QED) is 0.691. The Morgan fingerprint density at radius 2 is 1.81 bits per heavy atom. The van der Waals surface area contributed by atoms with Gasteiger partial charge in [0.25, 0.3) is 0 Å². The second kappa shape index (κ2) is 7.45. The molecule has 0 fully saturated rings. The first-order valence-corrected chi connectivity index (χ1v) is 6.51. The topological polar surface area (TPSA) is 12.0 Å². The molecule has 90 valence electrons. The standard InChI is InChI=1S/C15H25N/c1-4-16-11-7-5-6-8-15-10-9-13(2)14(3)12-15/h9-10,12,16H,4-8,11H2,1-3H3. The van der Waals surface area contributed by atoms with Gasteiger partial charge >= 0.3 is 0 Å². The summed E-state index contributed by atoms with van der Waals surface area (Å²) in [5.74, 6) is 0. The molecule has 1 aromatic rings. The van der Waals surface area contributed by atoms with Crippen LogP contribution in [0.4, 0.5) is 0 Å². The van der Waals surface area contributed by atoms with Gasteiger partial charge in [-0.25, -0.2) is 0 Å². The highest BCUT2D eigenvalue weighted by atomic mass is 14.8. The maximum atomic E-state index is 3.36. The highest BCUT2D eigenvalue weighted by molar-refractivity contribution is 5.29.